The number of unbranched alkanes of at least 4 members (excludes halogenated alkanes) is 1. The number of nitrogens with zero attached hydrogens (tertiary/aromatic N) is 2. The number of carbonyl (C=O) groups is 4. The number of carbonyl (C=O) groups excluding carboxylic acids is 4. The maximum absolute atomic E-state index is 13.4. The molecular formula is C30H44N4O5. The van der Waals surface area contributed by atoms with Crippen LogP contribution in [0.3, 0.4) is 0 Å². The zero-order valence-electron chi connectivity index (χ0n) is 24.0. The Bertz CT molecular complexity index is 1090. The van der Waals surface area contributed by atoms with Gasteiger partial charge in [0.15, 0.2) is 0 Å². The van der Waals surface area contributed by atoms with Crippen molar-refractivity contribution in [1.29, 1.82) is 0 Å². The van der Waals surface area contributed by atoms with Crippen molar-refractivity contribution in [3.63, 3.8) is 0 Å². The first kappa shape index (κ1) is 29.1. The van der Waals surface area contributed by atoms with Gasteiger partial charge in [-0.1, -0.05) is 31.9 Å². The second-order valence-corrected chi connectivity index (χ2v) is 12.2. The van der Waals surface area contributed by atoms with E-state index in [9.17, 15) is 19.2 Å². The first-order valence-corrected chi connectivity index (χ1v) is 14.5. The van der Waals surface area contributed by atoms with Gasteiger partial charge in [0.2, 0.25) is 5.91 Å². The summed E-state index contributed by atoms with van der Waals surface area (Å²) < 4.78 is 5.42. The van der Waals surface area contributed by atoms with Crippen molar-refractivity contribution < 1.29 is 23.9 Å². The molecule has 0 radical (unpaired) electrons. The van der Waals surface area contributed by atoms with Crippen molar-refractivity contribution in [2.45, 2.75) is 122 Å². The number of amides is 4. The van der Waals surface area contributed by atoms with Crippen LogP contribution in [0.25, 0.3) is 0 Å². The summed E-state index contributed by atoms with van der Waals surface area (Å²) in [6.45, 7) is 8.16. The molecule has 0 unspecified atom stereocenters. The number of rotatable bonds is 8. The van der Waals surface area contributed by atoms with E-state index in [1.807, 2.05) is 32.9 Å². The van der Waals surface area contributed by atoms with Crippen molar-refractivity contribution in [2.24, 2.45) is 0 Å². The fourth-order valence-electron chi connectivity index (χ4n) is 6.04. The number of ether oxygens (including phenoxy) is 1. The third kappa shape index (κ3) is 6.80. The van der Waals surface area contributed by atoms with Gasteiger partial charge in [0.25, 0.3) is 11.8 Å². The Morgan fingerprint density at radius 2 is 1.77 bits per heavy atom. The molecule has 1 saturated heterocycles. The van der Waals surface area contributed by atoms with Crippen molar-refractivity contribution >= 4 is 23.8 Å². The van der Waals surface area contributed by atoms with Crippen LogP contribution in [-0.4, -0.2) is 64.4 Å². The number of hydrogen-bond acceptors (Lipinski definition) is 6. The zero-order valence-corrected chi connectivity index (χ0v) is 24.0. The number of hydrogen-bond donors (Lipinski definition) is 2. The quantitative estimate of drug-likeness (QED) is 0.472. The highest BCUT2D eigenvalue weighted by molar-refractivity contribution is 6.05. The molecule has 39 heavy (non-hydrogen) atoms. The Balaban J connectivity index is 1.44. The molecule has 214 valence electrons. The number of imide groups is 1. The zero-order chi connectivity index (χ0) is 28.3. The second-order valence-electron chi connectivity index (χ2n) is 12.2. The normalized spacial score (nSPS) is 24.5. The Labute approximate surface area is 232 Å². The largest absolute Gasteiger partial charge is 0.444 e. The summed E-state index contributed by atoms with van der Waals surface area (Å²) in [5.41, 5.74) is 2.26. The van der Waals surface area contributed by atoms with E-state index in [2.05, 4.69) is 23.6 Å². The Kier molecular flexibility index (Phi) is 8.99. The van der Waals surface area contributed by atoms with Gasteiger partial charge in [-0.2, -0.15) is 0 Å². The van der Waals surface area contributed by atoms with E-state index in [1.54, 1.807) is 4.90 Å². The van der Waals surface area contributed by atoms with Crippen LogP contribution < -0.4 is 10.6 Å². The molecule has 9 heteroatoms. The van der Waals surface area contributed by atoms with E-state index >= 15 is 0 Å². The second kappa shape index (κ2) is 12.1. The van der Waals surface area contributed by atoms with Crippen LogP contribution >= 0.6 is 0 Å². The summed E-state index contributed by atoms with van der Waals surface area (Å²) in [6, 6.07) is 5.82. The van der Waals surface area contributed by atoms with Crippen LogP contribution in [0.1, 0.15) is 113 Å². The molecule has 2 fully saturated rings. The minimum absolute atomic E-state index is 0.0966. The Hall–Kier alpha value is -2.94. The summed E-state index contributed by atoms with van der Waals surface area (Å²) in [7, 11) is 1.50. The molecule has 1 aromatic carbocycles. The smallest absolute Gasteiger partial charge is 0.407 e. The molecule has 9 nitrogen and oxygen atoms in total. The monoisotopic (exact) mass is 540 g/mol. The maximum atomic E-state index is 13.4. The molecule has 0 bridgehead atoms. The van der Waals surface area contributed by atoms with Gasteiger partial charge in [-0.25, -0.2) is 4.79 Å². The van der Waals surface area contributed by atoms with E-state index in [4.69, 9.17) is 4.74 Å². The maximum Gasteiger partial charge on any atom is 0.407 e. The number of likely N-dealkylation sites (tertiary alicyclic amines) is 1. The molecule has 4 rings (SSSR count). The van der Waals surface area contributed by atoms with E-state index in [0.717, 1.165) is 61.0 Å². The number of alkyl carbamates (subject to hydrolysis) is 1. The summed E-state index contributed by atoms with van der Waals surface area (Å²) >= 11 is 0. The Morgan fingerprint density at radius 1 is 1.08 bits per heavy atom. The van der Waals surface area contributed by atoms with Crippen LogP contribution in [0.5, 0.6) is 0 Å². The summed E-state index contributed by atoms with van der Waals surface area (Å²) in [4.78, 5) is 53.3. The molecule has 3 aliphatic rings. The van der Waals surface area contributed by atoms with Crippen molar-refractivity contribution in [3.8, 4) is 0 Å². The molecular weight excluding hydrogens is 496 g/mol. The van der Waals surface area contributed by atoms with Crippen LogP contribution in [0.4, 0.5) is 4.79 Å². The van der Waals surface area contributed by atoms with Gasteiger partial charge in [-0.15, -0.1) is 0 Å². The molecule has 1 aliphatic carbocycles. The predicted molar refractivity (Wildman–Crippen MR) is 148 cm³/mol. The van der Waals surface area contributed by atoms with Gasteiger partial charge < -0.3 is 20.3 Å². The van der Waals surface area contributed by atoms with Crippen LogP contribution in [0.15, 0.2) is 18.2 Å². The van der Waals surface area contributed by atoms with Crippen LogP contribution in [0, 0.1) is 0 Å². The first-order valence-electron chi connectivity index (χ1n) is 14.5. The van der Waals surface area contributed by atoms with E-state index in [0.29, 0.717) is 24.6 Å². The highest BCUT2D eigenvalue weighted by Gasteiger charge is 2.42. The van der Waals surface area contributed by atoms with E-state index in [-0.39, 0.29) is 42.3 Å². The highest BCUT2D eigenvalue weighted by atomic mass is 16.6. The topological polar surface area (TPSA) is 108 Å². The highest BCUT2D eigenvalue weighted by Crippen LogP contribution is 2.35. The summed E-state index contributed by atoms with van der Waals surface area (Å²) in [5, 5.41) is 6.90. The number of piperidine rings is 1. The standard InChI is InChI=1S/C30H44N4O5/c1-6-7-11-24(31-19-12-14-20(15-13-19)32-29(38)39-30(2,3)4)21-9-8-10-22-23(21)18-34(27(22)36)25-16-17-26(35)33(5)28(25)37/h8-10,19-20,24-25,31H,6-7,11-18H2,1-5H3,(H,32,38)/t19?,20?,24-,25-/m1/s1. The average Bonchev–Trinajstić information content (AvgIpc) is 3.21. The van der Waals surface area contributed by atoms with E-state index in [1.165, 1.54) is 7.05 Å². The minimum atomic E-state index is -0.602. The molecule has 1 saturated carbocycles. The third-order valence-electron chi connectivity index (χ3n) is 8.14. The van der Waals surface area contributed by atoms with Gasteiger partial charge >= 0.3 is 6.09 Å². The number of nitrogens with one attached hydrogen (secondary N) is 2. The molecule has 0 spiro atoms. The fourth-order valence-corrected chi connectivity index (χ4v) is 6.04. The lowest BCUT2D eigenvalue weighted by atomic mass is 9.88. The molecule has 2 aliphatic heterocycles. The van der Waals surface area contributed by atoms with Gasteiger partial charge in [0.1, 0.15) is 11.6 Å². The number of fused-ring (bicyclic) bond motifs is 1. The number of benzene rings is 1. The van der Waals surface area contributed by atoms with Gasteiger partial charge in [0, 0.05) is 43.7 Å². The van der Waals surface area contributed by atoms with Crippen molar-refractivity contribution in [1.82, 2.24) is 20.4 Å². The van der Waals surface area contributed by atoms with Gasteiger partial charge in [-0.3, -0.25) is 19.3 Å². The van der Waals surface area contributed by atoms with E-state index < -0.39 is 11.6 Å². The first-order chi connectivity index (χ1) is 18.5. The van der Waals surface area contributed by atoms with Crippen molar-refractivity contribution in [2.75, 3.05) is 7.05 Å². The molecule has 2 heterocycles. The van der Waals surface area contributed by atoms with Crippen LogP contribution in [-0.2, 0) is 20.9 Å². The Morgan fingerprint density at radius 3 is 2.44 bits per heavy atom. The van der Waals surface area contributed by atoms with Crippen LogP contribution in [0.2, 0.25) is 0 Å². The molecule has 2 N–H and O–H groups in total. The molecule has 2 atom stereocenters. The average molecular weight is 541 g/mol. The summed E-state index contributed by atoms with van der Waals surface area (Å²) in [6.07, 6.45) is 7.02. The predicted octanol–water partition coefficient (Wildman–Crippen LogP) is 4.45. The lowest BCUT2D eigenvalue weighted by Gasteiger charge is -2.34. The lowest BCUT2D eigenvalue weighted by molar-refractivity contribution is -0.150. The van der Waals surface area contributed by atoms with Gasteiger partial charge in [0.05, 0.1) is 0 Å². The molecule has 1 aromatic rings. The van der Waals surface area contributed by atoms with Crippen molar-refractivity contribution in [3.05, 3.63) is 34.9 Å². The fraction of sp³-hybridized carbons (Fsp3) is 0.667. The minimum Gasteiger partial charge on any atom is -0.444 e. The molecule has 0 aromatic heterocycles. The number of likely N-dealkylation sites (N-methyl/N-ethyl adjacent to an activating group) is 1. The van der Waals surface area contributed by atoms with Gasteiger partial charge in [-0.05, 0) is 76.5 Å². The summed E-state index contributed by atoms with van der Waals surface area (Å²) in [5.74, 6) is -0.622. The third-order valence-corrected chi connectivity index (χ3v) is 8.14. The lowest BCUT2D eigenvalue weighted by Crippen LogP contribution is -2.53. The SMILES string of the molecule is CCCC[C@@H](NC1CCC(NC(=O)OC(C)(C)C)CC1)c1cccc2c1CN([C@@H]1CCC(=O)N(C)C1=O)C2=O. The molecule has 4 amide bonds.